The van der Waals surface area contributed by atoms with Crippen molar-refractivity contribution >= 4 is 0 Å². The Balaban J connectivity index is 1.35. The molecular formula is C24H41N3O2. The lowest BCUT2D eigenvalue weighted by atomic mass is 9.98. The van der Waals surface area contributed by atoms with Crippen LogP contribution in [-0.4, -0.2) is 75.9 Å². The molecule has 0 radical (unpaired) electrons. The van der Waals surface area contributed by atoms with Gasteiger partial charge in [-0.15, -0.1) is 0 Å². The minimum atomic E-state index is 0.734. The molecule has 2 aliphatic rings. The molecule has 3 rings (SSSR count). The van der Waals surface area contributed by atoms with Crippen LogP contribution >= 0.6 is 0 Å². The molecule has 1 aromatic rings. The zero-order chi connectivity index (χ0) is 20.2. The normalized spacial score (nSPS) is 21.3. The first-order chi connectivity index (χ1) is 14.3. The van der Waals surface area contributed by atoms with Crippen molar-refractivity contribution in [3.63, 3.8) is 0 Å². The number of benzene rings is 1. The van der Waals surface area contributed by atoms with Gasteiger partial charge in [-0.25, -0.2) is 0 Å². The summed E-state index contributed by atoms with van der Waals surface area (Å²) in [5.74, 6) is 1.78. The highest BCUT2D eigenvalue weighted by Gasteiger charge is 2.19. The minimum Gasteiger partial charge on any atom is -0.493 e. The number of hydrogen-bond acceptors (Lipinski definition) is 5. The fourth-order valence-electron chi connectivity index (χ4n) is 4.60. The molecule has 1 N–H and O–H groups in total. The summed E-state index contributed by atoms with van der Waals surface area (Å²) >= 11 is 0. The third-order valence-electron chi connectivity index (χ3n) is 6.26. The van der Waals surface area contributed by atoms with Crippen LogP contribution in [0.25, 0.3) is 0 Å². The maximum absolute atomic E-state index is 6.14. The number of para-hydroxylation sites is 1. The third kappa shape index (κ3) is 8.25. The molecule has 164 valence electrons. The smallest absolute Gasteiger partial charge is 0.123 e. The summed E-state index contributed by atoms with van der Waals surface area (Å²) in [6.07, 6.45) is 7.86. The van der Waals surface area contributed by atoms with E-state index in [2.05, 4.69) is 39.4 Å². The van der Waals surface area contributed by atoms with Crippen LogP contribution in [0.1, 0.15) is 44.1 Å². The van der Waals surface area contributed by atoms with Crippen LogP contribution in [0.3, 0.4) is 0 Å². The van der Waals surface area contributed by atoms with Crippen LogP contribution in [0.2, 0.25) is 0 Å². The molecule has 1 aromatic carbocycles. The zero-order valence-electron chi connectivity index (χ0n) is 18.4. The molecule has 0 aromatic heterocycles. The highest BCUT2D eigenvalue weighted by atomic mass is 16.5. The molecule has 0 aliphatic carbocycles. The first-order valence-corrected chi connectivity index (χ1v) is 11.7. The van der Waals surface area contributed by atoms with E-state index in [1.165, 1.54) is 70.4 Å². The van der Waals surface area contributed by atoms with E-state index >= 15 is 0 Å². The number of ether oxygens (including phenoxy) is 2. The third-order valence-corrected chi connectivity index (χ3v) is 6.26. The van der Waals surface area contributed by atoms with Crippen LogP contribution in [0.15, 0.2) is 24.3 Å². The molecule has 2 aliphatic heterocycles. The Morgan fingerprint density at radius 1 is 0.966 bits per heavy atom. The molecule has 0 spiro atoms. The average Bonchev–Trinajstić information content (AvgIpc) is 2.77. The zero-order valence-corrected chi connectivity index (χ0v) is 18.4. The van der Waals surface area contributed by atoms with E-state index in [0.717, 1.165) is 50.9 Å². The van der Waals surface area contributed by atoms with Crippen molar-refractivity contribution in [2.24, 2.45) is 5.92 Å². The highest BCUT2D eigenvalue weighted by molar-refractivity contribution is 5.33. The van der Waals surface area contributed by atoms with Crippen LogP contribution in [0, 0.1) is 5.92 Å². The quantitative estimate of drug-likeness (QED) is 0.542. The van der Waals surface area contributed by atoms with Crippen molar-refractivity contribution in [1.29, 1.82) is 0 Å². The Morgan fingerprint density at radius 2 is 1.79 bits per heavy atom. The van der Waals surface area contributed by atoms with Crippen molar-refractivity contribution in [3.05, 3.63) is 29.8 Å². The molecule has 2 heterocycles. The van der Waals surface area contributed by atoms with Gasteiger partial charge in [0.2, 0.25) is 0 Å². The molecule has 5 nitrogen and oxygen atoms in total. The van der Waals surface area contributed by atoms with E-state index in [1.54, 1.807) is 7.11 Å². The van der Waals surface area contributed by atoms with Crippen LogP contribution in [0.4, 0.5) is 0 Å². The first kappa shape index (κ1) is 22.5. The van der Waals surface area contributed by atoms with Gasteiger partial charge in [0.1, 0.15) is 5.75 Å². The molecule has 1 unspecified atom stereocenters. The summed E-state index contributed by atoms with van der Waals surface area (Å²) in [4.78, 5) is 5.12. The van der Waals surface area contributed by atoms with Gasteiger partial charge in [0.05, 0.1) is 13.2 Å². The second kappa shape index (κ2) is 13.2. The maximum Gasteiger partial charge on any atom is 0.123 e. The van der Waals surface area contributed by atoms with Gasteiger partial charge in [-0.3, -0.25) is 0 Å². The number of likely N-dealkylation sites (tertiary alicyclic amines) is 2. The van der Waals surface area contributed by atoms with E-state index in [0.29, 0.717) is 0 Å². The molecule has 1 atom stereocenters. The fraction of sp³-hybridized carbons (Fsp3) is 0.750. The summed E-state index contributed by atoms with van der Waals surface area (Å²) in [5.41, 5.74) is 1.28. The Hall–Kier alpha value is -1.14. The molecule has 0 saturated carbocycles. The summed E-state index contributed by atoms with van der Waals surface area (Å²) in [7, 11) is 1.79. The summed E-state index contributed by atoms with van der Waals surface area (Å²) < 4.78 is 11.4. The summed E-state index contributed by atoms with van der Waals surface area (Å²) in [6.45, 7) is 10.8. The molecule has 2 fully saturated rings. The second-order valence-electron chi connectivity index (χ2n) is 8.64. The number of nitrogens with zero attached hydrogens (tertiary/aromatic N) is 2. The predicted molar refractivity (Wildman–Crippen MR) is 120 cm³/mol. The van der Waals surface area contributed by atoms with Crippen molar-refractivity contribution in [1.82, 2.24) is 15.1 Å². The monoisotopic (exact) mass is 403 g/mol. The van der Waals surface area contributed by atoms with Gasteiger partial charge in [0.25, 0.3) is 0 Å². The topological polar surface area (TPSA) is 37.0 Å². The summed E-state index contributed by atoms with van der Waals surface area (Å²) in [5, 5.41) is 3.68. The highest BCUT2D eigenvalue weighted by Crippen LogP contribution is 2.19. The van der Waals surface area contributed by atoms with Gasteiger partial charge in [-0.05, 0) is 70.3 Å². The Labute approximate surface area is 177 Å². The van der Waals surface area contributed by atoms with Gasteiger partial charge in [-0.2, -0.15) is 0 Å². The maximum atomic E-state index is 6.14. The number of piperidine rings is 2. The van der Waals surface area contributed by atoms with Crippen LogP contribution in [0.5, 0.6) is 5.75 Å². The summed E-state index contributed by atoms with van der Waals surface area (Å²) in [6, 6.07) is 8.51. The van der Waals surface area contributed by atoms with E-state index in [1.807, 2.05) is 0 Å². The number of hydrogen-bond donors (Lipinski definition) is 1. The lowest BCUT2D eigenvalue weighted by Gasteiger charge is -2.32. The van der Waals surface area contributed by atoms with E-state index < -0.39 is 0 Å². The molecule has 2 saturated heterocycles. The average molecular weight is 404 g/mol. The van der Waals surface area contributed by atoms with Crippen molar-refractivity contribution < 1.29 is 9.47 Å². The van der Waals surface area contributed by atoms with Gasteiger partial charge in [0, 0.05) is 38.9 Å². The Morgan fingerprint density at radius 3 is 2.66 bits per heavy atom. The molecule has 29 heavy (non-hydrogen) atoms. The Bertz CT molecular complexity index is 563. The van der Waals surface area contributed by atoms with Crippen LogP contribution in [-0.2, 0) is 11.3 Å². The lowest BCUT2D eigenvalue weighted by molar-refractivity contribution is 0.114. The van der Waals surface area contributed by atoms with Gasteiger partial charge >= 0.3 is 0 Å². The van der Waals surface area contributed by atoms with Crippen molar-refractivity contribution in [3.8, 4) is 5.75 Å². The van der Waals surface area contributed by atoms with Crippen molar-refractivity contribution in [2.45, 2.75) is 45.1 Å². The number of rotatable bonds is 12. The van der Waals surface area contributed by atoms with Gasteiger partial charge < -0.3 is 24.6 Å². The van der Waals surface area contributed by atoms with Gasteiger partial charge in [0.15, 0.2) is 0 Å². The number of methoxy groups -OCH3 is 1. The molecule has 0 bridgehead atoms. The van der Waals surface area contributed by atoms with Crippen LogP contribution < -0.4 is 10.1 Å². The fourth-order valence-corrected chi connectivity index (χ4v) is 4.60. The first-order valence-electron chi connectivity index (χ1n) is 11.7. The molecular weight excluding hydrogens is 362 g/mol. The Kier molecular flexibility index (Phi) is 10.3. The molecule has 0 amide bonds. The minimum absolute atomic E-state index is 0.734. The largest absolute Gasteiger partial charge is 0.493 e. The SMILES string of the molecule is COCCN1CCCC(CNCc2ccccc2OCCCN2CCCCC2)C1. The molecule has 5 heteroatoms. The van der Waals surface area contributed by atoms with E-state index in [4.69, 9.17) is 9.47 Å². The number of nitrogens with one attached hydrogen (secondary N) is 1. The standard InChI is InChI=1S/C24H41N3O2/c1-28-18-16-27-14-7-9-22(21-27)19-25-20-23-10-3-4-11-24(23)29-17-8-15-26-12-5-2-6-13-26/h3-4,10-11,22,25H,2,5-9,12-21H2,1H3. The van der Waals surface area contributed by atoms with Crippen molar-refractivity contribution in [2.75, 3.05) is 66.1 Å². The van der Waals surface area contributed by atoms with Gasteiger partial charge in [-0.1, -0.05) is 24.6 Å². The van der Waals surface area contributed by atoms with E-state index in [9.17, 15) is 0 Å². The lowest BCUT2D eigenvalue weighted by Crippen LogP contribution is -2.40. The predicted octanol–water partition coefficient (Wildman–Crippen LogP) is 3.39. The second-order valence-corrected chi connectivity index (χ2v) is 8.64. The van der Waals surface area contributed by atoms with E-state index in [-0.39, 0.29) is 0 Å².